The smallest absolute Gasteiger partial charge is 0.491 e. The maximum absolute atomic E-state index is 11.8. The van der Waals surface area contributed by atoms with Gasteiger partial charge >= 0.3 is 6.36 Å². The quantitative estimate of drug-likeness (QED) is 0.776. The molecule has 0 aliphatic heterocycles. The maximum Gasteiger partial charge on any atom is 0.522 e. The molecule has 0 aliphatic carbocycles. The lowest BCUT2D eigenvalue weighted by atomic mass is 10.1. The number of nitrogens with one attached hydrogen (secondary N) is 1. The Morgan fingerprint density at radius 1 is 1.21 bits per heavy atom. The molecule has 1 atom stereocenters. The second kappa shape index (κ2) is 7.35. The van der Waals surface area contributed by atoms with Crippen molar-refractivity contribution in [2.75, 3.05) is 19.8 Å². The van der Waals surface area contributed by atoms with E-state index in [0.717, 1.165) is 12.1 Å². The first-order valence-corrected chi connectivity index (χ1v) is 6.10. The van der Waals surface area contributed by atoms with Gasteiger partial charge in [0.25, 0.3) is 0 Å². The van der Waals surface area contributed by atoms with Crippen LogP contribution in [0.4, 0.5) is 13.2 Å². The molecule has 0 saturated carbocycles. The number of ether oxygens (including phenoxy) is 2. The van der Waals surface area contributed by atoms with Crippen LogP contribution in [0, 0.1) is 0 Å². The minimum Gasteiger partial charge on any atom is -0.491 e. The Balaban J connectivity index is 2.53. The van der Waals surface area contributed by atoms with Crippen molar-refractivity contribution in [2.45, 2.75) is 26.3 Å². The van der Waals surface area contributed by atoms with Crippen molar-refractivity contribution in [2.24, 2.45) is 0 Å². The normalized spacial score (nSPS) is 13.3. The lowest BCUT2D eigenvalue weighted by Gasteiger charge is -2.17. The van der Waals surface area contributed by atoms with E-state index in [1.807, 2.05) is 26.0 Å². The summed E-state index contributed by atoms with van der Waals surface area (Å²) < 4.78 is 44.4. The standard InChI is InChI=1S/C13H18F3NO2/c1-3-17-10(2)11-6-4-5-7-12(11)18-8-9-19-13(14,15)16/h4-7,10,17H,3,8-9H2,1-2H3. The summed E-state index contributed by atoms with van der Waals surface area (Å²) in [7, 11) is 0. The summed E-state index contributed by atoms with van der Waals surface area (Å²) in [5, 5.41) is 3.23. The summed E-state index contributed by atoms with van der Waals surface area (Å²) in [4.78, 5) is 0. The highest BCUT2D eigenvalue weighted by atomic mass is 19.4. The van der Waals surface area contributed by atoms with E-state index in [0.29, 0.717) is 5.75 Å². The Morgan fingerprint density at radius 2 is 1.89 bits per heavy atom. The molecule has 1 unspecified atom stereocenters. The SMILES string of the molecule is CCNC(C)c1ccccc1OCCOC(F)(F)F. The zero-order chi connectivity index (χ0) is 14.3. The highest BCUT2D eigenvalue weighted by molar-refractivity contribution is 5.35. The van der Waals surface area contributed by atoms with Crippen LogP contribution < -0.4 is 10.1 Å². The predicted octanol–water partition coefficient (Wildman–Crippen LogP) is 3.27. The third-order valence-corrected chi connectivity index (χ3v) is 2.50. The fourth-order valence-electron chi connectivity index (χ4n) is 1.69. The number of halogens is 3. The lowest BCUT2D eigenvalue weighted by Crippen LogP contribution is -2.20. The van der Waals surface area contributed by atoms with Gasteiger partial charge in [-0.25, -0.2) is 0 Å². The van der Waals surface area contributed by atoms with Gasteiger partial charge in [0.1, 0.15) is 12.4 Å². The molecule has 0 bridgehead atoms. The first kappa shape index (κ1) is 15.8. The van der Waals surface area contributed by atoms with Gasteiger partial charge in [0.2, 0.25) is 0 Å². The molecule has 19 heavy (non-hydrogen) atoms. The van der Waals surface area contributed by atoms with Crippen LogP contribution in [0.25, 0.3) is 0 Å². The van der Waals surface area contributed by atoms with Crippen molar-refractivity contribution in [3.8, 4) is 5.75 Å². The van der Waals surface area contributed by atoms with Gasteiger partial charge in [-0.1, -0.05) is 25.1 Å². The molecular formula is C13H18F3NO2. The van der Waals surface area contributed by atoms with Crippen LogP contribution in [-0.4, -0.2) is 26.1 Å². The average Bonchev–Trinajstić information content (AvgIpc) is 2.34. The number of rotatable bonds is 7. The number of alkyl halides is 3. The largest absolute Gasteiger partial charge is 0.522 e. The molecule has 0 saturated heterocycles. The molecule has 0 aliphatic rings. The van der Waals surface area contributed by atoms with Crippen LogP contribution in [0.5, 0.6) is 5.75 Å². The van der Waals surface area contributed by atoms with Crippen LogP contribution >= 0.6 is 0 Å². The van der Waals surface area contributed by atoms with Crippen LogP contribution in [0.1, 0.15) is 25.5 Å². The zero-order valence-corrected chi connectivity index (χ0v) is 11.0. The molecule has 0 fully saturated rings. The molecular weight excluding hydrogens is 259 g/mol. The van der Waals surface area contributed by atoms with E-state index in [1.54, 1.807) is 12.1 Å². The van der Waals surface area contributed by atoms with Gasteiger partial charge in [-0.15, -0.1) is 13.2 Å². The fourth-order valence-corrected chi connectivity index (χ4v) is 1.69. The summed E-state index contributed by atoms with van der Waals surface area (Å²) in [6.07, 6.45) is -4.61. The van der Waals surface area contributed by atoms with E-state index in [2.05, 4.69) is 10.1 Å². The van der Waals surface area contributed by atoms with Gasteiger partial charge < -0.3 is 10.1 Å². The number of hydrogen-bond acceptors (Lipinski definition) is 3. The van der Waals surface area contributed by atoms with E-state index >= 15 is 0 Å². The fraction of sp³-hybridized carbons (Fsp3) is 0.538. The molecule has 1 aromatic carbocycles. The third-order valence-electron chi connectivity index (χ3n) is 2.50. The highest BCUT2D eigenvalue weighted by Crippen LogP contribution is 2.24. The maximum atomic E-state index is 11.8. The number of para-hydroxylation sites is 1. The minimum absolute atomic E-state index is 0.0738. The Morgan fingerprint density at radius 3 is 2.53 bits per heavy atom. The van der Waals surface area contributed by atoms with Crippen molar-refractivity contribution < 1.29 is 22.6 Å². The van der Waals surface area contributed by atoms with Crippen LogP contribution in [0.2, 0.25) is 0 Å². The van der Waals surface area contributed by atoms with E-state index in [9.17, 15) is 13.2 Å². The van der Waals surface area contributed by atoms with Crippen molar-refractivity contribution in [3.63, 3.8) is 0 Å². The Bertz CT molecular complexity index is 382. The molecule has 0 radical (unpaired) electrons. The monoisotopic (exact) mass is 277 g/mol. The molecule has 1 N–H and O–H groups in total. The first-order valence-electron chi connectivity index (χ1n) is 6.10. The topological polar surface area (TPSA) is 30.5 Å². The summed E-state index contributed by atoms with van der Waals surface area (Å²) >= 11 is 0. The summed E-state index contributed by atoms with van der Waals surface area (Å²) in [6, 6.07) is 7.33. The Kier molecular flexibility index (Phi) is 6.11. The van der Waals surface area contributed by atoms with Crippen LogP contribution in [-0.2, 0) is 4.74 Å². The molecule has 1 aromatic rings. The van der Waals surface area contributed by atoms with Crippen LogP contribution in [0.3, 0.4) is 0 Å². The molecule has 0 spiro atoms. The van der Waals surface area contributed by atoms with Crippen molar-refractivity contribution >= 4 is 0 Å². The van der Waals surface area contributed by atoms with E-state index in [1.165, 1.54) is 0 Å². The van der Waals surface area contributed by atoms with Crippen molar-refractivity contribution in [1.29, 1.82) is 0 Å². The summed E-state index contributed by atoms with van der Waals surface area (Å²) in [6.45, 7) is 4.09. The van der Waals surface area contributed by atoms with E-state index in [-0.39, 0.29) is 12.6 Å². The van der Waals surface area contributed by atoms with Gasteiger partial charge in [0.05, 0.1) is 6.61 Å². The molecule has 108 valence electrons. The molecule has 6 heteroatoms. The number of hydrogen-bond donors (Lipinski definition) is 1. The molecule has 0 aromatic heterocycles. The predicted molar refractivity (Wildman–Crippen MR) is 66.0 cm³/mol. The van der Waals surface area contributed by atoms with Gasteiger partial charge in [-0.05, 0) is 19.5 Å². The van der Waals surface area contributed by atoms with Crippen molar-refractivity contribution in [1.82, 2.24) is 5.32 Å². The second-order valence-electron chi connectivity index (χ2n) is 3.96. The summed E-state index contributed by atoms with van der Waals surface area (Å²) in [5.41, 5.74) is 0.913. The Hall–Kier alpha value is -1.27. The average molecular weight is 277 g/mol. The molecule has 1 rings (SSSR count). The minimum atomic E-state index is -4.61. The second-order valence-corrected chi connectivity index (χ2v) is 3.96. The van der Waals surface area contributed by atoms with Gasteiger partial charge in [-0.3, -0.25) is 4.74 Å². The van der Waals surface area contributed by atoms with Gasteiger partial charge in [-0.2, -0.15) is 0 Å². The van der Waals surface area contributed by atoms with Crippen molar-refractivity contribution in [3.05, 3.63) is 29.8 Å². The van der Waals surface area contributed by atoms with Gasteiger partial charge in [0, 0.05) is 11.6 Å². The summed E-state index contributed by atoms with van der Waals surface area (Å²) in [5.74, 6) is 0.571. The third kappa shape index (κ3) is 5.94. The zero-order valence-electron chi connectivity index (χ0n) is 11.0. The van der Waals surface area contributed by atoms with E-state index < -0.39 is 13.0 Å². The lowest BCUT2D eigenvalue weighted by molar-refractivity contribution is -0.325. The van der Waals surface area contributed by atoms with Crippen LogP contribution in [0.15, 0.2) is 24.3 Å². The molecule has 0 heterocycles. The van der Waals surface area contributed by atoms with E-state index in [4.69, 9.17) is 4.74 Å². The highest BCUT2D eigenvalue weighted by Gasteiger charge is 2.28. The molecule has 3 nitrogen and oxygen atoms in total. The number of benzene rings is 1. The Labute approximate surface area is 110 Å². The van der Waals surface area contributed by atoms with Gasteiger partial charge in [0.15, 0.2) is 0 Å². The molecule has 0 amide bonds. The first-order chi connectivity index (χ1) is 8.94.